The van der Waals surface area contributed by atoms with Crippen molar-refractivity contribution in [1.82, 2.24) is 10.4 Å². The summed E-state index contributed by atoms with van der Waals surface area (Å²) in [5.41, 5.74) is 4.89. The number of nitrogens with zero attached hydrogens (tertiary/aromatic N) is 1. The maximum atomic E-state index is 12.9. The summed E-state index contributed by atoms with van der Waals surface area (Å²) in [6.45, 7) is 0.592. The third-order valence-electron chi connectivity index (χ3n) is 5.00. The number of nitrogens with one attached hydrogen (secondary N) is 1. The molecule has 1 fully saturated rings. The number of hydrogen-bond donors (Lipinski definition) is 1. The first-order valence-corrected chi connectivity index (χ1v) is 12.2. The Morgan fingerprint density at radius 3 is 2.62 bits per heavy atom. The normalized spacial score (nSPS) is 14.5. The summed E-state index contributed by atoms with van der Waals surface area (Å²) in [7, 11) is 0. The van der Waals surface area contributed by atoms with E-state index >= 15 is 0 Å². The summed E-state index contributed by atoms with van der Waals surface area (Å²) in [6, 6.07) is 24.4. The predicted octanol–water partition coefficient (Wildman–Crippen LogP) is 5.90. The summed E-state index contributed by atoms with van der Waals surface area (Å²) in [5, 5.41) is 1.36. The standard InChI is InChI=1S/C26H21ClN2O3S2/c27-22-14-5-4-13-21(22)24(30)28-29-25(31)23(34-26(29)33)17-19-10-6-12-20(16-19)32-15-7-11-18-8-2-1-3-9-18/h1-6,8-10,12-14,16-17H,7,11,15H2,(H,28,30)/b23-17-. The quantitative estimate of drug-likeness (QED) is 0.233. The van der Waals surface area contributed by atoms with Gasteiger partial charge < -0.3 is 4.74 Å². The molecule has 1 N–H and O–H groups in total. The maximum absolute atomic E-state index is 12.9. The van der Waals surface area contributed by atoms with Crippen LogP contribution in [0.25, 0.3) is 6.08 Å². The van der Waals surface area contributed by atoms with E-state index in [1.165, 1.54) is 5.56 Å². The fraction of sp³-hybridized carbons (Fsp3) is 0.115. The molecule has 8 heteroatoms. The van der Waals surface area contributed by atoms with E-state index in [-0.39, 0.29) is 9.88 Å². The van der Waals surface area contributed by atoms with Gasteiger partial charge in [-0.25, -0.2) is 0 Å². The van der Waals surface area contributed by atoms with Crippen molar-refractivity contribution in [2.45, 2.75) is 12.8 Å². The number of aryl methyl sites for hydroxylation is 1. The molecule has 1 saturated heterocycles. The number of benzene rings is 3. The SMILES string of the molecule is O=C(NN1C(=O)/C(=C/c2cccc(OCCCc3ccccc3)c2)SC1=S)c1ccccc1Cl. The van der Waals surface area contributed by atoms with E-state index < -0.39 is 11.8 Å². The van der Waals surface area contributed by atoms with Crippen LogP contribution in [0.1, 0.15) is 27.9 Å². The average Bonchev–Trinajstić information content (AvgIpc) is 3.10. The number of carbonyl (C=O) groups is 2. The highest BCUT2D eigenvalue weighted by Crippen LogP contribution is 2.32. The monoisotopic (exact) mass is 508 g/mol. The second kappa shape index (κ2) is 11.3. The highest BCUT2D eigenvalue weighted by molar-refractivity contribution is 8.26. The number of thiocarbonyl (C=S) groups is 1. The third-order valence-corrected chi connectivity index (χ3v) is 6.63. The third kappa shape index (κ3) is 6.05. The molecule has 0 aliphatic carbocycles. The minimum absolute atomic E-state index is 0.241. The van der Waals surface area contributed by atoms with Crippen LogP contribution >= 0.6 is 35.6 Å². The summed E-state index contributed by atoms with van der Waals surface area (Å²) < 4.78 is 6.13. The second-order valence-corrected chi connectivity index (χ2v) is 9.53. The Balaban J connectivity index is 1.37. The molecule has 5 nitrogen and oxygen atoms in total. The lowest BCUT2D eigenvalue weighted by Crippen LogP contribution is -2.44. The molecule has 0 bridgehead atoms. The Morgan fingerprint density at radius 1 is 1.06 bits per heavy atom. The molecule has 4 rings (SSSR count). The highest BCUT2D eigenvalue weighted by atomic mass is 35.5. The number of amides is 2. The average molecular weight is 509 g/mol. The zero-order valence-electron chi connectivity index (χ0n) is 18.1. The molecule has 0 saturated carbocycles. The number of halogens is 1. The molecular weight excluding hydrogens is 488 g/mol. The number of ether oxygens (including phenoxy) is 1. The first-order valence-electron chi connectivity index (χ1n) is 10.6. The summed E-state index contributed by atoms with van der Waals surface area (Å²) in [4.78, 5) is 25.8. The molecule has 1 aliphatic rings. The molecule has 0 unspecified atom stereocenters. The van der Waals surface area contributed by atoms with Gasteiger partial charge in [0.15, 0.2) is 4.32 Å². The summed E-state index contributed by atoms with van der Waals surface area (Å²) in [5.74, 6) is -0.178. The van der Waals surface area contributed by atoms with E-state index in [9.17, 15) is 9.59 Å². The van der Waals surface area contributed by atoms with E-state index in [2.05, 4.69) is 17.6 Å². The molecule has 1 heterocycles. The van der Waals surface area contributed by atoms with Crippen LogP contribution in [0, 0.1) is 0 Å². The van der Waals surface area contributed by atoms with E-state index in [0.29, 0.717) is 16.5 Å². The topological polar surface area (TPSA) is 58.6 Å². The number of hydrazine groups is 1. The fourth-order valence-corrected chi connectivity index (χ4v) is 4.73. The Labute approximate surface area is 212 Å². The fourth-order valence-electron chi connectivity index (χ4n) is 3.33. The smallest absolute Gasteiger partial charge is 0.285 e. The van der Waals surface area contributed by atoms with Crippen LogP contribution in [0.2, 0.25) is 5.02 Å². The van der Waals surface area contributed by atoms with Gasteiger partial charge in [0.2, 0.25) is 0 Å². The van der Waals surface area contributed by atoms with Crippen LogP contribution in [0.15, 0.2) is 83.8 Å². The van der Waals surface area contributed by atoms with E-state index in [1.807, 2.05) is 42.5 Å². The zero-order valence-corrected chi connectivity index (χ0v) is 20.5. The van der Waals surface area contributed by atoms with Crippen molar-refractivity contribution < 1.29 is 14.3 Å². The first kappa shape index (κ1) is 24.0. The second-order valence-electron chi connectivity index (χ2n) is 7.45. The largest absolute Gasteiger partial charge is 0.494 e. The molecule has 3 aromatic carbocycles. The Bertz CT molecular complexity index is 1250. The minimum Gasteiger partial charge on any atom is -0.494 e. The Kier molecular flexibility index (Phi) is 8.00. The maximum Gasteiger partial charge on any atom is 0.285 e. The highest BCUT2D eigenvalue weighted by Gasteiger charge is 2.34. The first-order chi connectivity index (χ1) is 16.5. The molecule has 0 atom stereocenters. The molecule has 0 spiro atoms. The van der Waals surface area contributed by atoms with Gasteiger partial charge in [-0.1, -0.05) is 78.0 Å². The number of hydrogen-bond acceptors (Lipinski definition) is 5. The van der Waals surface area contributed by atoms with E-state index in [0.717, 1.165) is 40.9 Å². The molecule has 34 heavy (non-hydrogen) atoms. The number of thioether (sulfide) groups is 1. The van der Waals surface area contributed by atoms with E-state index in [4.69, 9.17) is 28.6 Å². The van der Waals surface area contributed by atoms with Crippen molar-refractivity contribution >= 4 is 57.8 Å². The van der Waals surface area contributed by atoms with Crippen LogP contribution in [0.3, 0.4) is 0 Å². The van der Waals surface area contributed by atoms with Gasteiger partial charge in [-0.2, -0.15) is 5.01 Å². The van der Waals surface area contributed by atoms with Crippen LogP contribution in [-0.2, 0) is 11.2 Å². The molecule has 0 radical (unpaired) electrons. The van der Waals surface area contributed by atoms with Gasteiger partial charge in [0.25, 0.3) is 11.8 Å². The predicted molar refractivity (Wildman–Crippen MR) is 141 cm³/mol. The van der Waals surface area contributed by atoms with Gasteiger partial charge in [-0.15, -0.1) is 0 Å². The molecule has 0 aromatic heterocycles. The van der Waals surface area contributed by atoms with Crippen LogP contribution in [0.4, 0.5) is 0 Å². The van der Waals surface area contributed by atoms with Crippen LogP contribution in [-0.4, -0.2) is 27.8 Å². The lowest BCUT2D eigenvalue weighted by molar-refractivity contribution is -0.123. The van der Waals surface area contributed by atoms with Gasteiger partial charge in [0, 0.05) is 0 Å². The van der Waals surface area contributed by atoms with Crippen molar-refractivity contribution in [3.05, 3.63) is 105 Å². The lowest BCUT2D eigenvalue weighted by atomic mass is 10.1. The van der Waals surface area contributed by atoms with Crippen molar-refractivity contribution in [2.75, 3.05) is 6.61 Å². The molecular formula is C26H21ClN2O3S2. The van der Waals surface area contributed by atoms with Crippen molar-refractivity contribution in [1.29, 1.82) is 0 Å². The minimum atomic E-state index is -0.506. The molecule has 1 aliphatic heterocycles. The van der Waals surface area contributed by atoms with E-state index in [1.54, 1.807) is 30.3 Å². The van der Waals surface area contributed by atoms with Crippen molar-refractivity contribution in [3.8, 4) is 5.75 Å². The molecule has 172 valence electrons. The zero-order chi connectivity index (χ0) is 23.9. The number of carbonyl (C=O) groups excluding carboxylic acids is 2. The van der Waals surface area contributed by atoms with Gasteiger partial charge >= 0.3 is 0 Å². The van der Waals surface area contributed by atoms with Gasteiger partial charge in [0.1, 0.15) is 5.75 Å². The van der Waals surface area contributed by atoms with Crippen LogP contribution in [0.5, 0.6) is 5.75 Å². The van der Waals surface area contributed by atoms with Gasteiger partial charge in [0.05, 0.1) is 22.1 Å². The lowest BCUT2D eigenvalue weighted by Gasteiger charge is -2.16. The van der Waals surface area contributed by atoms with Crippen LogP contribution < -0.4 is 10.2 Å². The Hall–Kier alpha value is -3.13. The molecule has 3 aromatic rings. The van der Waals surface area contributed by atoms with Gasteiger partial charge in [-0.3, -0.25) is 15.0 Å². The van der Waals surface area contributed by atoms with Crippen molar-refractivity contribution in [2.24, 2.45) is 0 Å². The summed E-state index contributed by atoms with van der Waals surface area (Å²) in [6.07, 6.45) is 3.58. The van der Waals surface area contributed by atoms with Crippen molar-refractivity contribution in [3.63, 3.8) is 0 Å². The Morgan fingerprint density at radius 2 is 1.82 bits per heavy atom. The number of rotatable bonds is 8. The van der Waals surface area contributed by atoms with Gasteiger partial charge in [-0.05, 0) is 66.5 Å². The summed E-state index contributed by atoms with van der Waals surface area (Å²) >= 11 is 12.5. The molecule has 2 amide bonds.